The maximum atomic E-state index is 6.57. The monoisotopic (exact) mass is 318 g/mol. The molecule has 3 aromatic rings. The molecule has 1 fully saturated rings. The zero-order valence-electron chi connectivity index (χ0n) is 13.9. The van der Waals surface area contributed by atoms with Gasteiger partial charge < -0.3 is 10.6 Å². The van der Waals surface area contributed by atoms with Gasteiger partial charge in [-0.25, -0.2) is 0 Å². The molecule has 4 heteroatoms. The predicted molar refractivity (Wildman–Crippen MR) is 97.8 cm³/mol. The summed E-state index contributed by atoms with van der Waals surface area (Å²) in [5.74, 6) is 0.477. The standard InChI is InChI=1S/C20H22N4/c1-14-2-4-15(5-3-14)12-16-8-11-24(20(16)21)17-6-7-18-19(13-17)23-10-9-22-18/h2-7,9-10,13,16,20H,8,11-12,21H2,1H3. The molecule has 2 aromatic carbocycles. The van der Waals surface area contributed by atoms with E-state index in [2.05, 4.69) is 58.2 Å². The molecule has 2 atom stereocenters. The largest absolute Gasteiger partial charge is 0.356 e. The van der Waals surface area contributed by atoms with Crippen molar-refractivity contribution in [1.82, 2.24) is 9.97 Å². The van der Waals surface area contributed by atoms with Crippen molar-refractivity contribution in [3.8, 4) is 0 Å². The first-order valence-corrected chi connectivity index (χ1v) is 8.49. The molecule has 1 aliphatic heterocycles. The summed E-state index contributed by atoms with van der Waals surface area (Å²) >= 11 is 0. The second-order valence-corrected chi connectivity index (χ2v) is 6.65. The van der Waals surface area contributed by atoms with E-state index in [-0.39, 0.29) is 6.17 Å². The van der Waals surface area contributed by atoms with Crippen molar-refractivity contribution in [1.29, 1.82) is 0 Å². The van der Waals surface area contributed by atoms with E-state index in [4.69, 9.17) is 5.73 Å². The van der Waals surface area contributed by atoms with Crippen LogP contribution in [-0.4, -0.2) is 22.7 Å². The van der Waals surface area contributed by atoms with Crippen LogP contribution in [0.3, 0.4) is 0 Å². The molecule has 122 valence electrons. The minimum Gasteiger partial charge on any atom is -0.356 e. The summed E-state index contributed by atoms with van der Waals surface area (Å²) in [5, 5.41) is 0. The number of hydrogen-bond donors (Lipinski definition) is 1. The van der Waals surface area contributed by atoms with Crippen LogP contribution in [0, 0.1) is 12.8 Å². The number of fused-ring (bicyclic) bond motifs is 1. The molecule has 0 radical (unpaired) electrons. The van der Waals surface area contributed by atoms with Crippen molar-refractivity contribution in [2.75, 3.05) is 11.4 Å². The number of rotatable bonds is 3. The van der Waals surface area contributed by atoms with Gasteiger partial charge in [0.05, 0.1) is 17.2 Å². The first-order valence-electron chi connectivity index (χ1n) is 8.49. The van der Waals surface area contributed by atoms with Crippen LogP contribution < -0.4 is 10.6 Å². The third-order valence-corrected chi connectivity index (χ3v) is 4.99. The first-order chi connectivity index (χ1) is 11.7. The number of benzene rings is 2. The summed E-state index contributed by atoms with van der Waals surface area (Å²) in [6.45, 7) is 3.11. The number of anilines is 1. The highest BCUT2D eigenvalue weighted by Crippen LogP contribution is 2.30. The summed E-state index contributed by atoms with van der Waals surface area (Å²) < 4.78 is 0. The Bertz CT molecular complexity index is 844. The Balaban J connectivity index is 1.53. The third kappa shape index (κ3) is 2.85. The van der Waals surface area contributed by atoms with E-state index in [0.717, 1.165) is 36.1 Å². The fourth-order valence-electron chi connectivity index (χ4n) is 3.56. The summed E-state index contributed by atoms with van der Waals surface area (Å²) in [4.78, 5) is 11.0. The maximum Gasteiger partial charge on any atom is 0.0907 e. The van der Waals surface area contributed by atoms with Gasteiger partial charge in [0, 0.05) is 24.6 Å². The number of aromatic nitrogens is 2. The molecule has 2 unspecified atom stereocenters. The molecular weight excluding hydrogens is 296 g/mol. The molecule has 1 aromatic heterocycles. The lowest BCUT2D eigenvalue weighted by Crippen LogP contribution is -2.41. The first kappa shape index (κ1) is 15.1. The Morgan fingerprint density at radius 2 is 1.79 bits per heavy atom. The van der Waals surface area contributed by atoms with Crippen molar-refractivity contribution >= 4 is 16.7 Å². The molecule has 4 nitrogen and oxygen atoms in total. The molecule has 0 spiro atoms. The van der Waals surface area contributed by atoms with Gasteiger partial charge in [-0.3, -0.25) is 9.97 Å². The van der Waals surface area contributed by atoms with Gasteiger partial charge in [0.25, 0.3) is 0 Å². The van der Waals surface area contributed by atoms with Crippen LogP contribution in [0.15, 0.2) is 54.9 Å². The normalized spacial score (nSPS) is 20.7. The zero-order valence-corrected chi connectivity index (χ0v) is 13.9. The highest BCUT2D eigenvalue weighted by molar-refractivity contribution is 5.78. The molecule has 1 saturated heterocycles. The van der Waals surface area contributed by atoms with Gasteiger partial charge >= 0.3 is 0 Å². The van der Waals surface area contributed by atoms with E-state index in [1.54, 1.807) is 12.4 Å². The van der Waals surface area contributed by atoms with Gasteiger partial charge in [-0.15, -0.1) is 0 Å². The molecular formula is C20H22N4. The minimum absolute atomic E-state index is 0.0421. The topological polar surface area (TPSA) is 55.0 Å². The van der Waals surface area contributed by atoms with Crippen molar-refractivity contribution in [3.63, 3.8) is 0 Å². The van der Waals surface area contributed by atoms with Gasteiger partial charge in [-0.05, 0) is 49.4 Å². The quantitative estimate of drug-likeness (QED) is 0.805. The van der Waals surface area contributed by atoms with Crippen LogP contribution in [0.25, 0.3) is 11.0 Å². The maximum absolute atomic E-state index is 6.57. The molecule has 0 aliphatic carbocycles. The minimum atomic E-state index is 0.0421. The van der Waals surface area contributed by atoms with E-state index < -0.39 is 0 Å². The van der Waals surface area contributed by atoms with Crippen LogP contribution >= 0.6 is 0 Å². The molecule has 4 rings (SSSR count). The molecule has 1 aliphatic rings. The lowest BCUT2D eigenvalue weighted by molar-refractivity contribution is 0.479. The molecule has 2 heterocycles. The van der Waals surface area contributed by atoms with Crippen LogP contribution in [-0.2, 0) is 6.42 Å². The molecule has 0 bridgehead atoms. The Morgan fingerprint density at radius 3 is 2.58 bits per heavy atom. The fourth-order valence-corrected chi connectivity index (χ4v) is 3.56. The van der Waals surface area contributed by atoms with E-state index in [9.17, 15) is 0 Å². The number of nitrogens with zero attached hydrogens (tertiary/aromatic N) is 3. The second kappa shape index (κ2) is 6.21. The summed E-state index contributed by atoms with van der Waals surface area (Å²) in [6.07, 6.45) is 5.65. The highest BCUT2D eigenvalue weighted by atomic mass is 15.2. The summed E-state index contributed by atoms with van der Waals surface area (Å²) in [7, 11) is 0. The van der Waals surface area contributed by atoms with Crippen molar-refractivity contribution in [2.45, 2.75) is 25.9 Å². The molecule has 0 amide bonds. The lowest BCUT2D eigenvalue weighted by Gasteiger charge is -2.26. The zero-order chi connectivity index (χ0) is 16.5. The number of aryl methyl sites for hydroxylation is 1. The van der Waals surface area contributed by atoms with Gasteiger partial charge in [-0.1, -0.05) is 29.8 Å². The van der Waals surface area contributed by atoms with E-state index in [0.29, 0.717) is 5.92 Å². The predicted octanol–water partition coefficient (Wildman–Crippen LogP) is 3.29. The van der Waals surface area contributed by atoms with Gasteiger partial charge in [-0.2, -0.15) is 0 Å². The third-order valence-electron chi connectivity index (χ3n) is 4.99. The van der Waals surface area contributed by atoms with E-state index in [1.165, 1.54) is 11.1 Å². The Labute approximate surface area is 142 Å². The Kier molecular flexibility index (Phi) is 3.90. The average molecular weight is 318 g/mol. The number of nitrogens with two attached hydrogens (primary N) is 1. The SMILES string of the molecule is Cc1ccc(CC2CCN(c3ccc4nccnc4c3)C2N)cc1. The van der Waals surface area contributed by atoms with Gasteiger partial charge in [0.1, 0.15) is 0 Å². The molecule has 0 saturated carbocycles. The lowest BCUT2D eigenvalue weighted by atomic mass is 9.96. The summed E-state index contributed by atoms with van der Waals surface area (Å²) in [6, 6.07) is 15.0. The van der Waals surface area contributed by atoms with Crippen LogP contribution in [0.4, 0.5) is 5.69 Å². The van der Waals surface area contributed by atoms with Crippen LogP contribution in [0.5, 0.6) is 0 Å². The van der Waals surface area contributed by atoms with Crippen LogP contribution in [0.2, 0.25) is 0 Å². The van der Waals surface area contributed by atoms with Crippen LogP contribution in [0.1, 0.15) is 17.5 Å². The molecule has 24 heavy (non-hydrogen) atoms. The van der Waals surface area contributed by atoms with Crippen molar-refractivity contribution in [3.05, 3.63) is 66.0 Å². The molecule has 2 N–H and O–H groups in total. The average Bonchev–Trinajstić information content (AvgIpc) is 2.97. The summed E-state index contributed by atoms with van der Waals surface area (Å²) in [5.41, 5.74) is 12.2. The fraction of sp³-hybridized carbons (Fsp3) is 0.300. The Morgan fingerprint density at radius 1 is 1.04 bits per heavy atom. The van der Waals surface area contributed by atoms with Crippen molar-refractivity contribution in [2.24, 2.45) is 11.7 Å². The second-order valence-electron chi connectivity index (χ2n) is 6.65. The van der Waals surface area contributed by atoms with E-state index in [1.807, 2.05) is 6.07 Å². The highest BCUT2D eigenvalue weighted by Gasteiger charge is 2.31. The number of hydrogen-bond acceptors (Lipinski definition) is 4. The Hall–Kier alpha value is -2.46. The van der Waals surface area contributed by atoms with Gasteiger partial charge in [0.15, 0.2) is 0 Å². The van der Waals surface area contributed by atoms with Crippen molar-refractivity contribution < 1.29 is 0 Å². The smallest absolute Gasteiger partial charge is 0.0907 e. The van der Waals surface area contributed by atoms with Gasteiger partial charge in [0.2, 0.25) is 0 Å². The van der Waals surface area contributed by atoms with E-state index >= 15 is 0 Å².